The molecular formula is C22H24FN3O3S. The first-order valence-corrected chi connectivity index (χ1v) is 10.5. The van der Waals surface area contributed by atoms with Crippen LogP contribution in [0.2, 0.25) is 0 Å². The highest BCUT2D eigenvalue weighted by Gasteiger charge is 2.38. The third-order valence-corrected chi connectivity index (χ3v) is 5.68. The molecule has 30 heavy (non-hydrogen) atoms. The van der Waals surface area contributed by atoms with Gasteiger partial charge in [-0.3, -0.25) is 14.5 Å². The van der Waals surface area contributed by atoms with Crippen LogP contribution in [0.15, 0.2) is 53.5 Å². The number of rotatable bonds is 8. The van der Waals surface area contributed by atoms with Gasteiger partial charge >= 0.3 is 0 Å². The highest BCUT2D eigenvalue weighted by atomic mass is 32.2. The van der Waals surface area contributed by atoms with Gasteiger partial charge in [0.25, 0.3) is 0 Å². The average molecular weight is 430 g/mol. The molecule has 1 atom stereocenters. The van der Waals surface area contributed by atoms with Crippen LogP contribution in [-0.4, -0.2) is 47.4 Å². The van der Waals surface area contributed by atoms with E-state index in [0.717, 1.165) is 11.3 Å². The van der Waals surface area contributed by atoms with Gasteiger partial charge in [0.15, 0.2) is 5.17 Å². The molecule has 0 bridgehead atoms. The number of ether oxygens (including phenoxy) is 1. The molecule has 1 aliphatic rings. The van der Waals surface area contributed by atoms with E-state index in [9.17, 15) is 14.0 Å². The Morgan fingerprint density at radius 3 is 2.57 bits per heavy atom. The molecular weight excluding hydrogens is 405 g/mol. The number of anilines is 1. The standard InChI is InChI=1S/C22H24FN3O3S/c1-15-4-8-18(9-5-15)25-22-26(12-3-13-29-2)21(28)19(30-22)14-20(27)24-17-10-6-16(23)7-11-17/h4-11,19H,3,12-14H2,1-2H3,(H,24,27). The number of nitrogens with one attached hydrogen (secondary N) is 1. The molecule has 1 saturated heterocycles. The summed E-state index contributed by atoms with van der Waals surface area (Å²) >= 11 is 1.29. The zero-order chi connectivity index (χ0) is 21.5. The molecule has 0 saturated carbocycles. The van der Waals surface area contributed by atoms with Gasteiger partial charge in [0, 0.05) is 32.4 Å². The molecule has 2 aromatic rings. The van der Waals surface area contributed by atoms with Gasteiger partial charge in [-0.1, -0.05) is 29.5 Å². The van der Waals surface area contributed by atoms with Gasteiger partial charge in [-0.15, -0.1) is 0 Å². The Kier molecular flexibility index (Phi) is 7.59. The lowest BCUT2D eigenvalue weighted by Crippen LogP contribution is -2.34. The third kappa shape index (κ3) is 5.90. The van der Waals surface area contributed by atoms with Crippen LogP contribution in [0.4, 0.5) is 15.8 Å². The smallest absolute Gasteiger partial charge is 0.242 e. The molecule has 1 aliphatic heterocycles. The van der Waals surface area contributed by atoms with E-state index in [1.807, 2.05) is 31.2 Å². The van der Waals surface area contributed by atoms with E-state index in [2.05, 4.69) is 10.3 Å². The minimum absolute atomic E-state index is 0.00850. The molecule has 6 nitrogen and oxygen atoms in total. The Morgan fingerprint density at radius 2 is 1.90 bits per heavy atom. The monoisotopic (exact) mass is 429 g/mol. The third-order valence-electron chi connectivity index (χ3n) is 4.51. The quantitative estimate of drug-likeness (QED) is 0.641. The maximum Gasteiger partial charge on any atom is 0.242 e. The van der Waals surface area contributed by atoms with E-state index in [1.165, 1.54) is 36.0 Å². The molecule has 0 spiro atoms. The van der Waals surface area contributed by atoms with Gasteiger partial charge < -0.3 is 10.1 Å². The number of aliphatic imine (C=N–C) groups is 1. The summed E-state index contributed by atoms with van der Waals surface area (Å²) in [6.45, 7) is 3.00. The van der Waals surface area contributed by atoms with Crippen molar-refractivity contribution in [3.8, 4) is 0 Å². The maximum absolute atomic E-state index is 13.0. The number of hydrogen-bond donors (Lipinski definition) is 1. The van der Waals surface area contributed by atoms with Crippen LogP contribution in [0.25, 0.3) is 0 Å². The normalized spacial score (nSPS) is 17.6. The predicted octanol–water partition coefficient (Wildman–Crippen LogP) is 4.13. The topological polar surface area (TPSA) is 71.0 Å². The molecule has 0 aliphatic carbocycles. The van der Waals surface area contributed by atoms with E-state index in [4.69, 9.17) is 4.74 Å². The summed E-state index contributed by atoms with van der Waals surface area (Å²) < 4.78 is 18.1. The number of benzene rings is 2. The fraction of sp³-hybridized carbons (Fsp3) is 0.318. The van der Waals surface area contributed by atoms with Crippen LogP contribution in [0.3, 0.4) is 0 Å². The SMILES string of the molecule is COCCCN1C(=O)C(CC(=O)Nc2ccc(F)cc2)SC1=Nc1ccc(C)cc1. The first kappa shape index (κ1) is 22.0. The van der Waals surface area contributed by atoms with Crippen LogP contribution in [0, 0.1) is 12.7 Å². The molecule has 1 fully saturated rings. The fourth-order valence-corrected chi connectivity index (χ4v) is 4.13. The van der Waals surface area contributed by atoms with Crippen LogP contribution in [0.1, 0.15) is 18.4 Å². The lowest BCUT2D eigenvalue weighted by molar-refractivity contribution is -0.128. The largest absolute Gasteiger partial charge is 0.385 e. The Balaban J connectivity index is 1.71. The molecule has 1 unspecified atom stereocenters. The number of carbonyl (C=O) groups is 2. The van der Waals surface area contributed by atoms with E-state index in [-0.39, 0.29) is 24.1 Å². The zero-order valence-electron chi connectivity index (χ0n) is 16.9. The van der Waals surface area contributed by atoms with Crippen LogP contribution < -0.4 is 5.32 Å². The predicted molar refractivity (Wildman–Crippen MR) is 118 cm³/mol. The molecule has 2 aromatic carbocycles. The number of methoxy groups -OCH3 is 1. The highest BCUT2D eigenvalue weighted by Crippen LogP contribution is 2.32. The number of nitrogens with zero attached hydrogens (tertiary/aromatic N) is 2. The van der Waals surface area contributed by atoms with Crippen molar-refractivity contribution >= 4 is 40.1 Å². The molecule has 0 aromatic heterocycles. The summed E-state index contributed by atoms with van der Waals surface area (Å²) in [7, 11) is 1.62. The molecule has 0 radical (unpaired) electrons. The second-order valence-electron chi connectivity index (χ2n) is 6.93. The zero-order valence-corrected chi connectivity index (χ0v) is 17.7. The van der Waals surface area contributed by atoms with Gasteiger partial charge in [0.05, 0.1) is 5.69 Å². The molecule has 3 rings (SSSR count). The number of aryl methyl sites for hydroxylation is 1. The van der Waals surface area contributed by atoms with Crippen molar-refractivity contribution in [1.29, 1.82) is 0 Å². The Morgan fingerprint density at radius 1 is 1.20 bits per heavy atom. The van der Waals surface area contributed by atoms with Gasteiger partial charge in [-0.25, -0.2) is 9.38 Å². The van der Waals surface area contributed by atoms with E-state index in [0.29, 0.717) is 30.4 Å². The van der Waals surface area contributed by atoms with Crippen molar-refractivity contribution in [2.45, 2.75) is 25.0 Å². The summed E-state index contributed by atoms with van der Waals surface area (Å²) in [5.41, 5.74) is 2.37. The lowest BCUT2D eigenvalue weighted by atomic mass is 10.2. The van der Waals surface area contributed by atoms with Gasteiger partial charge in [-0.05, 0) is 49.7 Å². The molecule has 8 heteroatoms. The number of amides is 2. The lowest BCUT2D eigenvalue weighted by Gasteiger charge is -2.16. The minimum atomic E-state index is -0.558. The Bertz CT molecular complexity index is 916. The number of amidine groups is 1. The van der Waals surface area contributed by atoms with Crippen molar-refractivity contribution in [1.82, 2.24) is 4.90 Å². The first-order valence-electron chi connectivity index (χ1n) is 9.64. The Labute approximate surface area is 179 Å². The van der Waals surface area contributed by atoms with Crippen molar-refractivity contribution < 1.29 is 18.7 Å². The van der Waals surface area contributed by atoms with Crippen molar-refractivity contribution in [2.75, 3.05) is 25.6 Å². The minimum Gasteiger partial charge on any atom is -0.385 e. The highest BCUT2D eigenvalue weighted by molar-refractivity contribution is 8.15. The second kappa shape index (κ2) is 10.4. The first-order chi connectivity index (χ1) is 14.5. The van der Waals surface area contributed by atoms with E-state index < -0.39 is 5.25 Å². The Hall–Kier alpha value is -2.71. The molecule has 1 N–H and O–H groups in total. The summed E-state index contributed by atoms with van der Waals surface area (Å²) in [6, 6.07) is 13.2. The number of hydrogen-bond acceptors (Lipinski definition) is 5. The molecule has 158 valence electrons. The summed E-state index contributed by atoms with van der Waals surface area (Å²) in [5, 5.41) is 2.73. The average Bonchev–Trinajstić information content (AvgIpc) is 3.00. The second-order valence-corrected chi connectivity index (χ2v) is 8.10. The van der Waals surface area contributed by atoms with Crippen LogP contribution >= 0.6 is 11.8 Å². The number of carbonyl (C=O) groups excluding carboxylic acids is 2. The summed E-state index contributed by atoms with van der Waals surface area (Å²) in [4.78, 5) is 31.6. The van der Waals surface area contributed by atoms with Crippen LogP contribution in [0.5, 0.6) is 0 Å². The summed E-state index contributed by atoms with van der Waals surface area (Å²) in [5.74, 6) is -0.824. The van der Waals surface area contributed by atoms with Crippen LogP contribution in [-0.2, 0) is 14.3 Å². The molecule has 1 heterocycles. The number of thioether (sulfide) groups is 1. The van der Waals surface area contributed by atoms with Gasteiger partial charge in [0.1, 0.15) is 11.1 Å². The van der Waals surface area contributed by atoms with Crippen molar-refractivity contribution in [2.24, 2.45) is 4.99 Å². The van der Waals surface area contributed by atoms with Crippen molar-refractivity contribution in [3.63, 3.8) is 0 Å². The number of halogens is 1. The summed E-state index contributed by atoms with van der Waals surface area (Å²) in [6.07, 6.45) is 0.679. The van der Waals surface area contributed by atoms with E-state index >= 15 is 0 Å². The van der Waals surface area contributed by atoms with E-state index in [1.54, 1.807) is 12.0 Å². The van der Waals surface area contributed by atoms with Crippen molar-refractivity contribution in [3.05, 3.63) is 59.9 Å². The fourth-order valence-electron chi connectivity index (χ4n) is 2.94. The van der Waals surface area contributed by atoms with Gasteiger partial charge in [0.2, 0.25) is 11.8 Å². The molecule has 2 amide bonds. The maximum atomic E-state index is 13.0. The van der Waals surface area contributed by atoms with Gasteiger partial charge in [-0.2, -0.15) is 0 Å².